The van der Waals surface area contributed by atoms with Gasteiger partial charge in [-0.15, -0.1) is 11.8 Å². The number of nitrogens with zero attached hydrogens (tertiary/aromatic N) is 1. The van der Waals surface area contributed by atoms with Gasteiger partial charge in [0.2, 0.25) is 0 Å². The van der Waals surface area contributed by atoms with E-state index in [2.05, 4.69) is 0 Å². The van der Waals surface area contributed by atoms with E-state index in [1.54, 1.807) is 0 Å². The molecule has 0 aliphatic carbocycles. The molecular formula is C8H14N2O4S. The molecule has 6 nitrogen and oxygen atoms in total. The third-order valence-corrected chi connectivity index (χ3v) is 3.24. The second-order valence-corrected chi connectivity index (χ2v) is 4.12. The van der Waals surface area contributed by atoms with Crippen LogP contribution in [0.1, 0.15) is 0 Å². The molecule has 1 fully saturated rings. The number of amides is 1. The van der Waals surface area contributed by atoms with Crippen molar-refractivity contribution in [1.82, 2.24) is 4.90 Å². The summed E-state index contributed by atoms with van der Waals surface area (Å²) in [5.41, 5.74) is 5.35. The molecular weight excluding hydrogens is 220 g/mol. The number of ether oxygens (including phenoxy) is 1. The van der Waals surface area contributed by atoms with E-state index in [0.29, 0.717) is 11.6 Å². The van der Waals surface area contributed by atoms with E-state index >= 15 is 0 Å². The third-order valence-electron chi connectivity index (χ3n) is 2.22. The highest BCUT2D eigenvalue weighted by molar-refractivity contribution is 7.99. The van der Waals surface area contributed by atoms with Gasteiger partial charge in [0.25, 0.3) is 5.91 Å². The minimum absolute atomic E-state index is 0.0584. The maximum Gasteiger partial charge on any atom is 0.327 e. The van der Waals surface area contributed by atoms with Gasteiger partial charge in [-0.3, -0.25) is 4.79 Å². The van der Waals surface area contributed by atoms with Gasteiger partial charge in [-0.25, -0.2) is 4.79 Å². The molecule has 7 heteroatoms. The number of carboxylic acid groups (broad SMARTS) is 1. The minimum atomic E-state index is -0.986. The summed E-state index contributed by atoms with van der Waals surface area (Å²) in [5.74, 6) is -0.532. The Balaban J connectivity index is 2.69. The maximum absolute atomic E-state index is 11.8. The van der Waals surface area contributed by atoms with Crippen molar-refractivity contribution in [2.75, 3.05) is 25.3 Å². The Hall–Kier alpha value is -0.790. The average molecular weight is 234 g/mol. The van der Waals surface area contributed by atoms with Crippen LogP contribution in [0.3, 0.4) is 0 Å². The van der Waals surface area contributed by atoms with Crippen molar-refractivity contribution in [3.05, 3.63) is 0 Å². The predicted octanol–water partition coefficient (Wildman–Crippen LogP) is -1.05. The molecule has 1 aliphatic heterocycles. The number of aliphatic carboxylic acids is 1. The van der Waals surface area contributed by atoms with E-state index in [-0.39, 0.29) is 12.5 Å². The van der Waals surface area contributed by atoms with E-state index in [0.717, 1.165) is 0 Å². The summed E-state index contributed by atoms with van der Waals surface area (Å²) in [6.45, 7) is 0.0584. The lowest BCUT2D eigenvalue weighted by molar-refractivity contribution is -0.152. The van der Waals surface area contributed by atoms with Crippen molar-refractivity contribution in [1.29, 1.82) is 0 Å². The van der Waals surface area contributed by atoms with Crippen molar-refractivity contribution < 1.29 is 19.4 Å². The second kappa shape index (κ2) is 5.34. The van der Waals surface area contributed by atoms with Crippen molar-refractivity contribution in [3.8, 4) is 0 Å². The first-order valence-electron chi connectivity index (χ1n) is 4.45. The van der Waals surface area contributed by atoms with Crippen LogP contribution < -0.4 is 5.73 Å². The summed E-state index contributed by atoms with van der Waals surface area (Å²) in [6.07, 6.45) is -0.745. The van der Waals surface area contributed by atoms with Gasteiger partial charge in [-0.05, 0) is 0 Å². The molecule has 1 saturated heterocycles. The molecule has 3 N–H and O–H groups in total. The SMILES string of the molecule is COC(CN)C(=O)N1CSCC1C(=O)O. The number of hydrogen-bond acceptors (Lipinski definition) is 5. The normalized spacial score (nSPS) is 22.8. The van der Waals surface area contributed by atoms with Gasteiger partial charge in [-0.1, -0.05) is 0 Å². The number of carbonyl (C=O) groups excluding carboxylic acids is 1. The molecule has 0 radical (unpaired) electrons. The molecule has 15 heavy (non-hydrogen) atoms. The fourth-order valence-corrected chi connectivity index (χ4v) is 2.50. The lowest BCUT2D eigenvalue weighted by Gasteiger charge is -2.24. The first kappa shape index (κ1) is 12.3. The minimum Gasteiger partial charge on any atom is -0.480 e. The predicted molar refractivity (Wildman–Crippen MR) is 55.4 cm³/mol. The maximum atomic E-state index is 11.8. The molecule has 86 valence electrons. The van der Waals surface area contributed by atoms with Crippen LogP contribution in [-0.2, 0) is 14.3 Å². The first-order chi connectivity index (χ1) is 7.11. The number of carboxylic acids is 1. The molecule has 1 heterocycles. The average Bonchev–Trinajstić information content (AvgIpc) is 2.67. The molecule has 0 spiro atoms. The zero-order chi connectivity index (χ0) is 11.4. The Morgan fingerprint density at radius 1 is 1.73 bits per heavy atom. The second-order valence-electron chi connectivity index (χ2n) is 3.12. The highest BCUT2D eigenvalue weighted by Crippen LogP contribution is 2.22. The van der Waals surface area contributed by atoms with Crippen LogP contribution in [0.5, 0.6) is 0 Å². The van der Waals surface area contributed by atoms with Crippen LogP contribution in [0, 0.1) is 0 Å². The van der Waals surface area contributed by atoms with E-state index in [1.165, 1.54) is 23.8 Å². The molecule has 1 aliphatic rings. The van der Waals surface area contributed by atoms with E-state index in [1.807, 2.05) is 0 Å². The summed E-state index contributed by atoms with van der Waals surface area (Å²) in [5, 5.41) is 8.88. The largest absolute Gasteiger partial charge is 0.480 e. The van der Waals surface area contributed by atoms with Gasteiger partial charge in [-0.2, -0.15) is 0 Å². The Morgan fingerprint density at radius 2 is 2.40 bits per heavy atom. The van der Waals surface area contributed by atoms with Crippen molar-refractivity contribution >= 4 is 23.6 Å². The van der Waals surface area contributed by atoms with Gasteiger partial charge in [0.1, 0.15) is 12.1 Å². The first-order valence-corrected chi connectivity index (χ1v) is 5.61. The van der Waals surface area contributed by atoms with Gasteiger partial charge in [0, 0.05) is 19.4 Å². The fraction of sp³-hybridized carbons (Fsp3) is 0.750. The molecule has 0 aromatic rings. The van der Waals surface area contributed by atoms with Gasteiger partial charge in [0.05, 0.1) is 5.88 Å². The molecule has 0 saturated carbocycles. The zero-order valence-electron chi connectivity index (χ0n) is 8.38. The lowest BCUT2D eigenvalue weighted by atomic mass is 10.2. The lowest BCUT2D eigenvalue weighted by Crippen LogP contribution is -2.48. The molecule has 2 atom stereocenters. The summed E-state index contributed by atoms with van der Waals surface area (Å²) in [6, 6.07) is -0.758. The van der Waals surface area contributed by atoms with Crippen molar-refractivity contribution in [2.24, 2.45) is 5.73 Å². The van der Waals surface area contributed by atoms with Gasteiger partial charge in [0.15, 0.2) is 0 Å². The quantitative estimate of drug-likeness (QED) is 0.644. The standard InChI is InChI=1S/C8H14N2O4S/c1-14-6(2-9)7(11)10-4-15-3-5(10)8(12)13/h5-6H,2-4,9H2,1H3,(H,12,13). The summed E-state index contributed by atoms with van der Waals surface area (Å²) in [4.78, 5) is 23.9. The van der Waals surface area contributed by atoms with Crippen LogP contribution >= 0.6 is 11.8 Å². The molecule has 0 aromatic carbocycles. The smallest absolute Gasteiger partial charge is 0.327 e. The summed E-state index contributed by atoms with van der Waals surface area (Å²) < 4.78 is 4.88. The number of hydrogen-bond donors (Lipinski definition) is 2. The molecule has 1 rings (SSSR count). The van der Waals surface area contributed by atoms with Crippen LogP contribution in [0.4, 0.5) is 0 Å². The topological polar surface area (TPSA) is 92.9 Å². The third kappa shape index (κ3) is 2.61. The molecule has 2 unspecified atom stereocenters. The van der Waals surface area contributed by atoms with Gasteiger partial charge < -0.3 is 20.5 Å². The van der Waals surface area contributed by atoms with E-state index in [9.17, 15) is 9.59 Å². The van der Waals surface area contributed by atoms with Crippen LogP contribution in [0.25, 0.3) is 0 Å². The number of rotatable bonds is 4. The van der Waals surface area contributed by atoms with Crippen LogP contribution in [-0.4, -0.2) is 59.3 Å². The highest BCUT2D eigenvalue weighted by atomic mass is 32.2. The highest BCUT2D eigenvalue weighted by Gasteiger charge is 2.37. The number of nitrogens with two attached hydrogens (primary N) is 1. The summed E-state index contributed by atoms with van der Waals surface area (Å²) in [7, 11) is 1.38. The number of carbonyl (C=O) groups is 2. The zero-order valence-corrected chi connectivity index (χ0v) is 9.20. The van der Waals surface area contributed by atoms with Gasteiger partial charge >= 0.3 is 5.97 Å². The Labute approximate surface area is 91.7 Å². The Morgan fingerprint density at radius 3 is 2.87 bits per heavy atom. The monoisotopic (exact) mass is 234 g/mol. The number of thioether (sulfide) groups is 1. The Bertz CT molecular complexity index is 257. The van der Waals surface area contributed by atoms with Crippen LogP contribution in [0.15, 0.2) is 0 Å². The van der Waals surface area contributed by atoms with E-state index in [4.69, 9.17) is 15.6 Å². The van der Waals surface area contributed by atoms with Crippen molar-refractivity contribution in [3.63, 3.8) is 0 Å². The van der Waals surface area contributed by atoms with Crippen LogP contribution in [0.2, 0.25) is 0 Å². The Kier molecular flexibility index (Phi) is 4.37. The van der Waals surface area contributed by atoms with E-state index < -0.39 is 18.1 Å². The molecule has 0 bridgehead atoms. The summed E-state index contributed by atoms with van der Waals surface area (Å²) >= 11 is 1.41. The van der Waals surface area contributed by atoms with Crippen molar-refractivity contribution in [2.45, 2.75) is 12.1 Å². The fourth-order valence-electron chi connectivity index (χ4n) is 1.35. The molecule has 1 amide bonds. The number of methoxy groups -OCH3 is 1. The molecule has 0 aromatic heterocycles.